The molecule has 2 aliphatic rings. The number of nitrogens with one attached hydrogen (secondary N) is 1. The summed E-state index contributed by atoms with van der Waals surface area (Å²) in [5.74, 6) is -1.22. The first kappa shape index (κ1) is 27.9. The predicted octanol–water partition coefficient (Wildman–Crippen LogP) is 5.31. The van der Waals surface area contributed by atoms with Gasteiger partial charge in [0.2, 0.25) is 5.91 Å². The molecule has 8 nitrogen and oxygen atoms in total. The van der Waals surface area contributed by atoms with Gasteiger partial charge in [0.05, 0.1) is 25.9 Å². The molecule has 5 rings (SSSR count). The highest BCUT2D eigenvalue weighted by atomic mass is 19.4. The smallest absolute Gasteiger partial charge is 0.434 e. The molecule has 0 radical (unpaired) electrons. The van der Waals surface area contributed by atoms with E-state index in [0.29, 0.717) is 24.3 Å². The Morgan fingerprint density at radius 3 is 2.37 bits per heavy atom. The maximum absolute atomic E-state index is 15.0. The summed E-state index contributed by atoms with van der Waals surface area (Å²) in [7, 11) is 1.49. The number of alkyl halides is 3. The van der Waals surface area contributed by atoms with Crippen molar-refractivity contribution in [1.29, 1.82) is 0 Å². The molecule has 2 aliphatic heterocycles. The number of hydrogen-bond donors (Lipinski definition) is 1. The van der Waals surface area contributed by atoms with Crippen molar-refractivity contribution in [2.45, 2.75) is 31.2 Å². The molecule has 3 amide bonds. The lowest BCUT2D eigenvalue weighted by Crippen LogP contribution is -2.58. The van der Waals surface area contributed by atoms with Gasteiger partial charge in [0, 0.05) is 29.8 Å². The summed E-state index contributed by atoms with van der Waals surface area (Å²) >= 11 is 0. The lowest BCUT2D eigenvalue weighted by molar-refractivity contribution is -0.262. The van der Waals surface area contributed by atoms with E-state index in [0.717, 1.165) is 29.2 Å². The molecule has 0 bridgehead atoms. The SMILES string of the molecule is COc1ccc(CN2C(=O)OC(CNC(=O)c3ccc(F)cc3)(C(F)(F)F)c3cc(N4CCCC4=O)ccc32)cc1. The first-order valence-corrected chi connectivity index (χ1v) is 12.7. The Hall–Kier alpha value is -4.61. The largest absolute Gasteiger partial charge is 0.497 e. The number of amides is 3. The number of benzene rings is 3. The maximum atomic E-state index is 15.0. The number of rotatable bonds is 7. The predicted molar refractivity (Wildman–Crippen MR) is 140 cm³/mol. The zero-order valence-electron chi connectivity index (χ0n) is 21.8. The van der Waals surface area contributed by atoms with Crippen LogP contribution in [0.5, 0.6) is 5.75 Å². The number of methoxy groups -OCH3 is 1. The Balaban J connectivity index is 1.57. The molecule has 41 heavy (non-hydrogen) atoms. The average molecular weight is 572 g/mol. The maximum Gasteiger partial charge on any atom is 0.434 e. The van der Waals surface area contributed by atoms with Crippen LogP contribution in [0.1, 0.15) is 34.3 Å². The number of halogens is 4. The zero-order valence-corrected chi connectivity index (χ0v) is 21.8. The minimum atomic E-state index is -5.17. The topological polar surface area (TPSA) is 88.2 Å². The molecule has 0 spiro atoms. The van der Waals surface area contributed by atoms with Crippen LogP contribution in [0.3, 0.4) is 0 Å². The number of anilines is 2. The number of cyclic esters (lactones) is 1. The minimum absolute atomic E-state index is 0.0800. The van der Waals surface area contributed by atoms with Gasteiger partial charge in [0.15, 0.2) is 0 Å². The number of fused-ring (bicyclic) bond motifs is 1. The third kappa shape index (κ3) is 5.29. The Morgan fingerprint density at radius 2 is 1.76 bits per heavy atom. The molecule has 3 aromatic carbocycles. The molecule has 0 aromatic heterocycles. The molecular formula is C29H25F4N3O5. The molecule has 2 heterocycles. The number of carbonyl (C=O) groups excluding carboxylic acids is 3. The van der Waals surface area contributed by atoms with Gasteiger partial charge in [0.1, 0.15) is 11.6 Å². The van der Waals surface area contributed by atoms with Crippen molar-refractivity contribution in [2.24, 2.45) is 0 Å². The number of ether oxygens (including phenoxy) is 2. The van der Waals surface area contributed by atoms with Crippen LogP contribution in [0.25, 0.3) is 0 Å². The fourth-order valence-corrected chi connectivity index (χ4v) is 4.94. The molecule has 1 fully saturated rings. The Kier molecular flexibility index (Phi) is 7.33. The van der Waals surface area contributed by atoms with Gasteiger partial charge >= 0.3 is 12.3 Å². The van der Waals surface area contributed by atoms with Crippen LogP contribution in [0.4, 0.5) is 33.7 Å². The van der Waals surface area contributed by atoms with Crippen LogP contribution < -0.4 is 19.9 Å². The molecule has 1 atom stereocenters. The van der Waals surface area contributed by atoms with Crippen LogP contribution in [0, 0.1) is 5.82 Å². The molecule has 1 N–H and O–H groups in total. The van der Waals surface area contributed by atoms with Crippen LogP contribution in [-0.2, 0) is 21.7 Å². The number of nitrogens with zero attached hydrogens (tertiary/aromatic N) is 2. The molecule has 0 saturated carbocycles. The summed E-state index contributed by atoms with van der Waals surface area (Å²) in [4.78, 5) is 40.8. The van der Waals surface area contributed by atoms with Crippen molar-refractivity contribution in [2.75, 3.05) is 30.0 Å². The third-order valence-electron chi connectivity index (χ3n) is 7.13. The molecule has 1 unspecified atom stereocenters. The number of hydrogen-bond acceptors (Lipinski definition) is 5. The van der Waals surface area contributed by atoms with Crippen molar-refractivity contribution in [3.8, 4) is 5.75 Å². The lowest BCUT2D eigenvalue weighted by Gasteiger charge is -2.43. The van der Waals surface area contributed by atoms with Gasteiger partial charge < -0.3 is 19.7 Å². The normalized spacial score (nSPS) is 18.7. The highest BCUT2D eigenvalue weighted by Gasteiger charge is 2.63. The van der Waals surface area contributed by atoms with Crippen LogP contribution in [-0.4, -0.2) is 44.3 Å². The van der Waals surface area contributed by atoms with Crippen molar-refractivity contribution < 1.29 is 41.4 Å². The second kappa shape index (κ2) is 10.8. The first-order valence-electron chi connectivity index (χ1n) is 12.7. The molecule has 12 heteroatoms. The van der Waals surface area contributed by atoms with E-state index in [-0.39, 0.29) is 35.8 Å². The summed E-state index contributed by atoms with van der Waals surface area (Å²) in [6.07, 6.45) is -5.64. The van der Waals surface area contributed by atoms with Crippen molar-refractivity contribution in [3.05, 3.63) is 89.2 Å². The van der Waals surface area contributed by atoms with Gasteiger partial charge in [0.25, 0.3) is 11.5 Å². The lowest BCUT2D eigenvalue weighted by atomic mass is 9.88. The van der Waals surface area contributed by atoms with E-state index in [1.807, 2.05) is 0 Å². The zero-order chi connectivity index (χ0) is 29.4. The van der Waals surface area contributed by atoms with E-state index in [1.54, 1.807) is 24.3 Å². The van der Waals surface area contributed by atoms with Crippen LogP contribution >= 0.6 is 0 Å². The van der Waals surface area contributed by atoms with Crippen LogP contribution in [0.15, 0.2) is 66.7 Å². The highest BCUT2D eigenvalue weighted by Crippen LogP contribution is 2.50. The minimum Gasteiger partial charge on any atom is -0.497 e. The third-order valence-corrected chi connectivity index (χ3v) is 7.13. The summed E-state index contributed by atoms with van der Waals surface area (Å²) in [5, 5.41) is 2.20. The quantitative estimate of drug-likeness (QED) is 0.389. The molecule has 3 aromatic rings. The first-order chi connectivity index (χ1) is 19.5. The summed E-state index contributed by atoms with van der Waals surface area (Å²) in [6, 6.07) is 14.9. The van der Waals surface area contributed by atoms with E-state index in [4.69, 9.17) is 9.47 Å². The van der Waals surface area contributed by atoms with Gasteiger partial charge in [-0.05, 0) is 66.6 Å². The fraction of sp³-hybridized carbons (Fsp3) is 0.276. The monoisotopic (exact) mass is 571 g/mol. The second-order valence-electron chi connectivity index (χ2n) is 9.67. The summed E-state index contributed by atoms with van der Waals surface area (Å²) in [5.41, 5.74) is -3.06. The van der Waals surface area contributed by atoms with Crippen molar-refractivity contribution >= 4 is 29.3 Å². The standard InChI is InChI=1S/C29H25F4N3O5/c1-40-22-11-4-18(5-12-22)16-36-24-13-10-21(35-14-2-3-25(35)37)15-23(24)28(29(31,32)33,41-27(36)39)17-34-26(38)19-6-8-20(30)9-7-19/h4-13,15H,2-3,14,16-17H2,1H3,(H,34,38). The van der Waals surface area contributed by atoms with Crippen molar-refractivity contribution in [1.82, 2.24) is 5.32 Å². The van der Waals surface area contributed by atoms with Crippen molar-refractivity contribution in [3.63, 3.8) is 0 Å². The summed E-state index contributed by atoms with van der Waals surface area (Å²) in [6.45, 7) is -0.944. The van der Waals surface area contributed by atoms with E-state index in [9.17, 15) is 31.9 Å². The molecular weight excluding hydrogens is 546 g/mol. The average Bonchev–Trinajstić information content (AvgIpc) is 3.39. The molecule has 214 valence electrons. The fourth-order valence-electron chi connectivity index (χ4n) is 4.94. The summed E-state index contributed by atoms with van der Waals surface area (Å²) < 4.78 is 68.6. The second-order valence-corrected chi connectivity index (χ2v) is 9.67. The van der Waals surface area contributed by atoms with Gasteiger partial charge in [-0.1, -0.05) is 12.1 Å². The van der Waals surface area contributed by atoms with Gasteiger partial charge in [-0.2, -0.15) is 13.2 Å². The van der Waals surface area contributed by atoms with Gasteiger partial charge in [-0.25, -0.2) is 9.18 Å². The van der Waals surface area contributed by atoms with Crippen LogP contribution in [0.2, 0.25) is 0 Å². The number of carbonyl (C=O) groups is 3. The van der Waals surface area contributed by atoms with E-state index < -0.39 is 41.7 Å². The van der Waals surface area contributed by atoms with E-state index in [2.05, 4.69) is 5.32 Å². The van der Waals surface area contributed by atoms with Gasteiger partial charge in [-0.15, -0.1) is 0 Å². The Bertz CT molecular complexity index is 1480. The molecule has 1 saturated heterocycles. The Morgan fingerprint density at radius 1 is 1.05 bits per heavy atom. The highest BCUT2D eigenvalue weighted by molar-refractivity contribution is 5.98. The molecule has 0 aliphatic carbocycles. The van der Waals surface area contributed by atoms with Gasteiger partial charge in [-0.3, -0.25) is 14.5 Å². The Labute approximate surface area is 232 Å². The van der Waals surface area contributed by atoms with E-state index in [1.165, 1.54) is 30.2 Å². The van der Waals surface area contributed by atoms with E-state index >= 15 is 0 Å².